The fraction of sp³-hybridized carbons (Fsp3) is 0.600. The molecule has 2 heterocycles. The van der Waals surface area contributed by atoms with Crippen molar-refractivity contribution < 1.29 is 18.0 Å². The van der Waals surface area contributed by atoms with Gasteiger partial charge in [-0.25, -0.2) is 13.2 Å². The second-order valence-corrected chi connectivity index (χ2v) is 9.62. The Morgan fingerprint density at radius 2 is 1.57 bits per heavy atom. The molecule has 1 N–H and O–H groups in total. The number of hydrogen-bond acceptors (Lipinski definition) is 4. The van der Waals surface area contributed by atoms with Crippen LogP contribution in [0.5, 0.6) is 0 Å². The van der Waals surface area contributed by atoms with Crippen LogP contribution in [0.15, 0.2) is 35.2 Å². The standard InChI is InChI=1S/C20H29N3O4S/c24-19(21-11-6-16-28(26,27)18-7-2-1-3-8-18)17-9-14-23(15-10-17)20(25)22-12-4-5-13-22/h1-3,7-8,17H,4-6,9-16H2,(H,21,24). The lowest BCUT2D eigenvalue weighted by atomic mass is 9.96. The van der Waals surface area contributed by atoms with E-state index in [0.717, 1.165) is 25.9 Å². The number of nitrogens with zero attached hydrogens (tertiary/aromatic N) is 2. The fourth-order valence-corrected chi connectivity index (χ4v) is 5.14. The third kappa shape index (κ3) is 5.25. The molecule has 8 heteroatoms. The van der Waals surface area contributed by atoms with Gasteiger partial charge in [0.1, 0.15) is 0 Å². The van der Waals surface area contributed by atoms with Crippen LogP contribution >= 0.6 is 0 Å². The molecular weight excluding hydrogens is 378 g/mol. The molecule has 1 aromatic rings. The molecule has 3 amide bonds. The minimum atomic E-state index is -3.31. The number of likely N-dealkylation sites (tertiary alicyclic amines) is 2. The number of carbonyl (C=O) groups excluding carboxylic acids is 2. The number of hydrogen-bond donors (Lipinski definition) is 1. The minimum Gasteiger partial charge on any atom is -0.356 e. The average Bonchev–Trinajstić information content (AvgIpc) is 3.26. The summed E-state index contributed by atoms with van der Waals surface area (Å²) in [5.74, 6) is -0.126. The first-order chi connectivity index (χ1) is 13.5. The molecule has 0 aromatic heterocycles. The van der Waals surface area contributed by atoms with Gasteiger partial charge in [0, 0.05) is 38.6 Å². The van der Waals surface area contributed by atoms with Crippen LogP contribution < -0.4 is 5.32 Å². The molecule has 1 aromatic carbocycles. The summed E-state index contributed by atoms with van der Waals surface area (Å²) in [4.78, 5) is 28.8. The maximum atomic E-state index is 12.4. The molecule has 2 fully saturated rings. The highest BCUT2D eigenvalue weighted by atomic mass is 32.2. The van der Waals surface area contributed by atoms with Gasteiger partial charge in [-0.15, -0.1) is 0 Å². The van der Waals surface area contributed by atoms with Crippen LogP contribution in [0.1, 0.15) is 32.1 Å². The number of carbonyl (C=O) groups is 2. The molecule has 2 aliphatic rings. The van der Waals surface area contributed by atoms with Crippen LogP contribution in [0.25, 0.3) is 0 Å². The molecule has 7 nitrogen and oxygen atoms in total. The zero-order valence-electron chi connectivity index (χ0n) is 16.2. The van der Waals surface area contributed by atoms with Gasteiger partial charge >= 0.3 is 6.03 Å². The van der Waals surface area contributed by atoms with Crippen molar-refractivity contribution in [3.8, 4) is 0 Å². The monoisotopic (exact) mass is 407 g/mol. The minimum absolute atomic E-state index is 0.0140. The van der Waals surface area contributed by atoms with Crippen LogP contribution in [0, 0.1) is 5.92 Å². The van der Waals surface area contributed by atoms with Gasteiger partial charge in [-0.1, -0.05) is 18.2 Å². The number of piperidine rings is 1. The van der Waals surface area contributed by atoms with Gasteiger partial charge in [0.25, 0.3) is 0 Å². The number of urea groups is 1. The molecule has 154 valence electrons. The first-order valence-electron chi connectivity index (χ1n) is 10.1. The molecule has 2 saturated heterocycles. The van der Waals surface area contributed by atoms with Crippen LogP contribution in [0.2, 0.25) is 0 Å². The molecule has 2 aliphatic heterocycles. The Morgan fingerprint density at radius 3 is 2.21 bits per heavy atom. The van der Waals surface area contributed by atoms with Crippen LogP contribution in [-0.2, 0) is 14.6 Å². The van der Waals surface area contributed by atoms with Gasteiger partial charge < -0.3 is 15.1 Å². The van der Waals surface area contributed by atoms with Crippen molar-refractivity contribution in [2.45, 2.75) is 37.0 Å². The average molecular weight is 408 g/mol. The van der Waals surface area contributed by atoms with E-state index in [1.165, 1.54) is 0 Å². The second kappa shape index (κ2) is 9.41. The number of sulfone groups is 1. The van der Waals surface area contributed by atoms with Crippen molar-refractivity contribution in [2.75, 3.05) is 38.5 Å². The van der Waals surface area contributed by atoms with Gasteiger partial charge in [0.15, 0.2) is 9.84 Å². The van der Waals surface area contributed by atoms with E-state index < -0.39 is 9.84 Å². The van der Waals surface area contributed by atoms with Crippen molar-refractivity contribution in [3.63, 3.8) is 0 Å². The van der Waals surface area contributed by atoms with E-state index in [-0.39, 0.29) is 23.6 Å². The lowest BCUT2D eigenvalue weighted by Crippen LogP contribution is -2.47. The largest absolute Gasteiger partial charge is 0.356 e. The zero-order chi connectivity index (χ0) is 20.0. The Labute approximate surface area is 167 Å². The van der Waals surface area contributed by atoms with Crippen molar-refractivity contribution >= 4 is 21.8 Å². The van der Waals surface area contributed by atoms with E-state index in [4.69, 9.17) is 0 Å². The molecule has 0 spiro atoms. The van der Waals surface area contributed by atoms with E-state index in [0.29, 0.717) is 43.8 Å². The zero-order valence-corrected chi connectivity index (χ0v) is 17.0. The van der Waals surface area contributed by atoms with Crippen molar-refractivity contribution in [2.24, 2.45) is 5.92 Å². The SMILES string of the molecule is O=C(NCCCS(=O)(=O)c1ccccc1)C1CCN(C(=O)N2CCCC2)CC1. The number of rotatable bonds is 6. The van der Waals surface area contributed by atoms with Gasteiger partial charge in [-0.3, -0.25) is 4.79 Å². The smallest absolute Gasteiger partial charge is 0.319 e. The lowest BCUT2D eigenvalue weighted by Gasteiger charge is -2.34. The second-order valence-electron chi connectivity index (χ2n) is 7.51. The molecule has 0 saturated carbocycles. The molecule has 3 rings (SSSR count). The number of benzene rings is 1. The van der Waals surface area contributed by atoms with Crippen molar-refractivity contribution in [3.05, 3.63) is 30.3 Å². The van der Waals surface area contributed by atoms with E-state index in [9.17, 15) is 18.0 Å². The topological polar surface area (TPSA) is 86.8 Å². The summed E-state index contributed by atoms with van der Waals surface area (Å²) in [6.07, 6.45) is 3.85. The van der Waals surface area contributed by atoms with Gasteiger partial charge in [-0.2, -0.15) is 0 Å². The van der Waals surface area contributed by atoms with Crippen molar-refractivity contribution in [1.82, 2.24) is 15.1 Å². The summed E-state index contributed by atoms with van der Waals surface area (Å²) in [5, 5.41) is 2.86. The summed E-state index contributed by atoms with van der Waals surface area (Å²) in [6, 6.07) is 8.47. The van der Waals surface area contributed by atoms with E-state index in [1.54, 1.807) is 30.3 Å². The Morgan fingerprint density at radius 1 is 0.964 bits per heavy atom. The van der Waals surface area contributed by atoms with E-state index in [2.05, 4.69) is 5.32 Å². The third-order valence-corrected chi connectivity index (χ3v) is 7.32. The molecule has 0 aliphatic carbocycles. The molecule has 0 atom stereocenters. The molecule has 0 unspecified atom stereocenters. The molecule has 28 heavy (non-hydrogen) atoms. The quantitative estimate of drug-likeness (QED) is 0.730. The van der Waals surface area contributed by atoms with Crippen LogP contribution in [0.4, 0.5) is 4.79 Å². The molecule has 0 bridgehead atoms. The van der Waals surface area contributed by atoms with E-state index >= 15 is 0 Å². The summed E-state index contributed by atoms with van der Waals surface area (Å²) in [7, 11) is -3.31. The predicted octanol–water partition coefficient (Wildman–Crippen LogP) is 1.89. The Bertz CT molecular complexity index is 768. The van der Waals surface area contributed by atoms with Gasteiger partial charge in [0.2, 0.25) is 5.91 Å². The predicted molar refractivity (Wildman–Crippen MR) is 107 cm³/mol. The maximum Gasteiger partial charge on any atom is 0.319 e. The first kappa shape index (κ1) is 20.6. The fourth-order valence-electron chi connectivity index (χ4n) is 3.81. The van der Waals surface area contributed by atoms with Gasteiger partial charge in [0.05, 0.1) is 10.6 Å². The highest BCUT2D eigenvalue weighted by Gasteiger charge is 2.30. The number of amides is 3. The number of nitrogens with one attached hydrogen (secondary N) is 1. The first-order valence-corrected chi connectivity index (χ1v) is 11.7. The third-order valence-electron chi connectivity index (χ3n) is 5.50. The summed E-state index contributed by atoms with van der Waals surface area (Å²) in [5.41, 5.74) is 0. The highest BCUT2D eigenvalue weighted by Crippen LogP contribution is 2.20. The van der Waals surface area contributed by atoms with E-state index in [1.807, 2.05) is 9.80 Å². The Kier molecular flexibility index (Phi) is 6.93. The van der Waals surface area contributed by atoms with Gasteiger partial charge in [-0.05, 0) is 44.2 Å². The van der Waals surface area contributed by atoms with Crippen molar-refractivity contribution in [1.29, 1.82) is 0 Å². The summed E-state index contributed by atoms with van der Waals surface area (Å²) >= 11 is 0. The molecule has 0 radical (unpaired) electrons. The molecular formula is C20H29N3O4S. The highest BCUT2D eigenvalue weighted by molar-refractivity contribution is 7.91. The maximum absolute atomic E-state index is 12.4. The Hall–Kier alpha value is -2.09. The van der Waals surface area contributed by atoms with Crippen LogP contribution in [-0.4, -0.2) is 68.6 Å². The Balaban J connectivity index is 1.36. The summed E-state index contributed by atoms with van der Waals surface area (Å²) in [6.45, 7) is 3.24. The summed E-state index contributed by atoms with van der Waals surface area (Å²) < 4.78 is 24.5. The van der Waals surface area contributed by atoms with Crippen LogP contribution in [0.3, 0.4) is 0 Å². The normalized spacial score (nSPS) is 18.3. The lowest BCUT2D eigenvalue weighted by molar-refractivity contribution is -0.126.